The molecule has 2 aliphatic carbocycles. The van der Waals surface area contributed by atoms with Gasteiger partial charge in [-0.3, -0.25) is 9.78 Å². The minimum atomic E-state index is -0.424. The molecule has 1 saturated heterocycles. The van der Waals surface area contributed by atoms with Crippen LogP contribution in [0, 0.1) is 17.8 Å². The molecule has 5 nitrogen and oxygen atoms in total. The van der Waals surface area contributed by atoms with Gasteiger partial charge in [0, 0.05) is 56.5 Å². The maximum Gasteiger partial charge on any atom is 0.250 e. The van der Waals surface area contributed by atoms with Crippen molar-refractivity contribution in [1.82, 2.24) is 9.88 Å². The van der Waals surface area contributed by atoms with Crippen LogP contribution >= 0.6 is 12.4 Å². The van der Waals surface area contributed by atoms with Crippen molar-refractivity contribution in [3.05, 3.63) is 29.6 Å². The molecule has 25 heavy (non-hydrogen) atoms. The molecule has 3 atom stereocenters. The van der Waals surface area contributed by atoms with Gasteiger partial charge in [0.05, 0.1) is 5.56 Å². The van der Waals surface area contributed by atoms with Gasteiger partial charge in [0.2, 0.25) is 5.91 Å². The van der Waals surface area contributed by atoms with E-state index in [0.29, 0.717) is 17.4 Å². The summed E-state index contributed by atoms with van der Waals surface area (Å²) in [6, 6.07) is 1.90. The van der Waals surface area contributed by atoms with Crippen molar-refractivity contribution in [1.29, 1.82) is 0 Å². The van der Waals surface area contributed by atoms with Gasteiger partial charge in [-0.1, -0.05) is 6.42 Å². The van der Waals surface area contributed by atoms with Crippen LogP contribution in [0.25, 0.3) is 0 Å². The lowest BCUT2D eigenvalue weighted by Crippen LogP contribution is -2.59. The molecule has 1 aromatic heterocycles. The average molecular weight is 366 g/mol. The number of nitrogens with zero attached hydrogens (tertiary/aromatic N) is 2. The minimum Gasteiger partial charge on any atom is -0.373 e. The molecule has 1 amide bonds. The predicted octanol–water partition coefficient (Wildman–Crippen LogP) is 2.59. The number of ether oxygens (including phenoxy) is 1. The van der Waals surface area contributed by atoms with E-state index in [1.807, 2.05) is 19.4 Å². The van der Waals surface area contributed by atoms with Gasteiger partial charge in [-0.15, -0.1) is 12.4 Å². The summed E-state index contributed by atoms with van der Waals surface area (Å²) in [4.78, 5) is 18.5. The first-order valence-corrected chi connectivity index (χ1v) is 9.16. The zero-order chi connectivity index (χ0) is 16.7. The summed E-state index contributed by atoms with van der Waals surface area (Å²) in [5.41, 5.74) is 6.65. The third-order valence-electron chi connectivity index (χ3n) is 6.30. The van der Waals surface area contributed by atoms with Crippen LogP contribution < -0.4 is 5.73 Å². The molecule has 3 fully saturated rings. The Kier molecular flexibility index (Phi) is 5.37. The Hall–Kier alpha value is -1.17. The van der Waals surface area contributed by atoms with Crippen molar-refractivity contribution in [2.75, 3.05) is 26.7 Å². The van der Waals surface area contributed by atoms with E-state index in [1.54, 1.807) is 6.20 Å². The fourth-order valence-corrected chi connectivity index (χ4v) is 5.05. The summed E-state index contributed by atoms with van der Waals surface area (Å²) < 4.78 is 6.22. The Balaban J connectivity index is 0.00000182. The van der Waals surface area contributed by atoms with E-state index < -0.39 is 5.91 Å². The normalized spacial score (nSPS) is 32.0. The molecule has 2 bridgehead atoms. The Morgan fingerprint density at radius 3 is 2.52 bits per heavy atom. The van der Waals surface area contributed by atoms with Crippen LogP contribution in [0.4, 0.5) is 0 Å². The van der Waals surface area contributed by atoms with Gasteiger partial charge in [-0.05, 0) is 37.7 Å². The number of methoxy groups -OCH3 is 1. The molecule has 2 saturated carbocycles. The highest BCUT2D eigenvalue weighted by molar-refractivity contribution is 5.92. The van der Waals surface area contributed by atoms with Gasteiger partial charge < -0.3 is 15.4 Å². The van der Waals surface area contributed by atoms with Crippen LogP contribution in [0.5, 0.6) is 0 Å². The molecule has 4 rings (SSSR count). The molecule has 1 aliphatic heterocycles. The first-order valence-electron chi connectivity index (χ1n) is 9.16. The molecular weight excluding hydrogens is 338 g/mol. The highest BCUT2D eigenvalue weighted by Crippen LogP contribution is 2.51. The second kappa shape index (κ2) is 7.22. The van der Waals surface area contributed by atoms with Crippen LogP contribution in [-0.4, -0.2) is 42.5 Å². The number of carbonyl (C=O) groups is 1. The molecule has 0 aromatic carbocycles. The van der Waals surface area contributed by atoms with Gasteiger partial charge in [0.1, 0.15) is 5.60 Å². The standard InChI is InChI=1S/C19H27N3O2.ClH/c1-24-19(17-7-14(18(20)23)8-21-9-17)15-3-2-4-16(19)12-22(11-15)10-13-5-6-13;/h7-9,13,15-16H,2-6,10-12H2,1H3,(H2,20,23);1H/t15-,16+,19+;. The van der Waals surface area contributed by atoms with Crippen molar-refractivity contribution < 1.29 is 9.53 Å². The van der Waals surface area contributed by atoms with Crippen LogP contribution in [-0.2, 0) is 10.3 Å². The number of likely N-dealkylation sites (tertiary alicyclic amines) is 1. The second-order valence-electron chi connectivity index (χ2n) is 7.81. The van der Waals surface area contributed by atoms with Crippen molar-refractivity contribution in [2.45, 2.75) is 37.7 Å². The van der Waals surface area contributed by atoms with Crippen LogP contribution in [0.15, 0.2) is 18.5 Å². The lowest BCUT2D eigenvalue weighted by Gasteiger charge is -2.55. The topological polar surface area (TPSA) is 68.5 Å². The lowest BCUT2D eigenvalue weighted by atomic mass is 9.62. The van der Waals surface area contributed by atoms with Gasteiger partial charge in [-0.2, -0.15) is 0 Å². The summed E-state index contributed by atoms with van der Waals surface area (Å²) >= 11 is 0. The Labute approximate surface area is 155 Å². The maximum absolute atomic E-state index is 11.6. The maximum atomic E-state index is 11.6. The smallest absolute Gasteiger partial charge is 0.250 e. The van der Waals surface area contributed by atoms with E-state index in [1.165, 1.54) is 38.6 Å². The van der Waals surface area contributed by atoms with Crippen molar-refractivity contribution in [3.8, 4) is 0 Å². The number of rotatable bonds is 5. The van der Waals surface area contributed by atoms with Gasteiger partial charge >= 0.3 is 0 Å². The van der Waals surface area contributed by atoms with Crippen molar-refractivity contribution in [3.63, 3.8) is 0 Å². The van der Waals surface area contributed by atoms with Gasteiger partial charge in [0.25, 0.3) is 0 Å². The summed E-state index contributed by atoms with van der Waals surface area (Å²) in [6.07, 6.45) is 9.82. The summed E-state index contributed by atoms with van der Waals surface area (Å²) in [7, 11) is 1.82. The zero-order valence-corrected chi connectivity index (χ0v) is 15.6. The molecule has 0 unspecified atom stereocenters. The largest absolute Gasteiger partial charge is 0.373 e. The van der Waals surface area contributed by atoms with E-state index in [9.17, 15) is 4.79 Å². The summed E-state index contributed by atoms with van der Waals surface area (Å²) in [5.74, 6) is 1.41. The van der Waals surface area contributed by atoms with Crippen molar-refractivity contribution >= 4 is 18.3 Å². The third-order valence-corrected chi connectivity index (χ3v) is 6.30. The first kappa shape index (κ1) is 18.6. The van der Waals surface area contributed by atoms with Crippen LogP contribution in [0.1, 0.15) is 48.0 Å². The molecule has 1 aromatic rings. The predicted molar refractivity (Wildman–Crippen MR) is 98.7 cm³/mol. The molecule has 2 N–H and O–H groups in total. The molecule has 2 heterocycles. The Bertz CT molecular complexity index is 621. The number of primary amides is 1. The number of amides is 1. The van der Waals surface area contributed by atoms with E-state index in [-0.39, 0.29) is 18.0 Å². The summed E-state index contributed by atoms with van der Waals surface area (Å²) in [5, 5.41) is 0. The van der Waals surface area contributed by atoms with E-state index >= 15 is 0 Å². The second-order valence-corrected chi connectivity index (χ2v) is 7.81. The fourth-order valence-electron chi connectivity index (χ4n) is 5.05. The minimum absolute atomic E-state index is 0. The average Bonchev–Trinajstić information content (AvgIpc) is 3.38. The number of piperidine rings is 1. The Morgan fingerprint density at radius 1 is 1.28 bits per heavy atom. The molecule has 6 heteroatoms. The quantitative estimate of drug-likeness (QED) is 0.870. The number of nitrogens with two attached hydrogens (primary N) is 1. The van der Waals surface area contributed by atoms with Crippen molar-refractivity contribution in [2.24, 2.45) is 23.5 Å². The van der Waals surface area contributed by atoms with Gasteiger partial charge in [-0.25, -0.2) is 0 Å². The fraction of sp³-hybridized carbons (Fsp3) is 0.684. The number of fused-ring (bicyclic) bond motifs is 2. The first-order chi connectivity index (χ1) is 11.6. The number of pyridine rings is 1. The third kappa shape index (κ3) is 3.29. The monoisotopic (exact) mass is 365 g/mol. The molecule has 138 valence electrons. The highest BCUT2D eigenvalue weighted by Gasteiger charge is 2.53. The molecule has 0 spiro atoms. The molecular formula is C19H28ClN3O2. The number of hydrogen-bond donors (Lipinski definition) is 1. The molecule has 3 aliphatic rings. The Morgan fingerprint density at radius 2 is 1.96 bits per heavy atom. The number of aromatic nitrogens is 1. The summed E-state index contributed by atoms with van der Waals surface area (Å²) in [6.45, 7) is 3.41. The van der Waals surface area contributed by atoms with Crippen LogP contribution in [0.3, 0.4) is 0 Å². The number of hydrogen-bond acceptors (Lipinski definition) is 4. The van der Waals surface area contributed by atoms with Gasteiger partial charge in [0.15, 0.2) is 0 Å². The van der Waals surface area contributed by atoms with E-state index in [2.05, 4.69) is 9.88 Å². The zero-order valence-electron chi connectivity index (χ0n) is 14.8. The lowest BCUT2D eigenvalue weighted by molar-refractivity contribution is -0.169. The number of halogens is 1. The van der Waals surface area contributed by atoms with Crippen LogP contribution in [0.2, 0.25) is 0 Å². The molecule has 0 radical (unpaired) electrons. The SMILES string of the molecule is CO[C@@]1(c2cncc(C(N)=O)c2)[C@@H]2CCC[C@H]1CN(CC1CC1)C2.Cl. The van der Waals surface area contributed by atoms with E-state index in [4.69, 9.17) is 10.5 Å². The number of carbonyl (C=O) groups excluding carboxylic acids is 1. The highest BCUT2D eigenvalue weighted by atomic mass is 35.5. The van der Waals surface area contributed by atoms with E-state index in [0.717, 1.165) is 24.6 Å².